The van der Waals surface area contributed by atoms with Gasteiger partial charge in [-0.2, -0.15) is 0 Å². The Labute approximate surface area is 173 Å². The topological polar surface area (TPSA) is 114 Å². The molecule has 0 saturated heterocycles. The number of hydrogen-bond acceptors (Lipinski definition) is 7. The number of aromatic amines is 1. The average molecular weight is 480 g/mol. The minimum absolute atomic E-state index is 0.304. The van der Waals surface area contributed by atoms with Gasteiger partial charge in [-0.1, -0.05) is 0 Å². The van der Waals surface area contributed by atoms with Gasteiger partial charge in [0.1, 0.15) is 16.4 Å². The molecule has 11 heteroatoms. The standard InChI is InChI=1S/C16H10BrN5O2S3/c17-8-2-12(25-4-8)15-20-11(6-26-15)14(24)22-16-21-10(5-27-16)7-1-9(13(18)23)19-3-7/h1-6,19H,(H2,18,23)(H,21,22,24). The molecule has 0 unspecified atom stereocenters. The summed E-state index contributed by atoms with van der Waals surface area (Å²) < 4.78 is 0.989. The summed E-state index contributed by atoms with van der Waals surface area (Å²) >= 11 is 7.68. The van der Waals surface area contributed by atoms with E-state index in [9.17, 15) is 9.59 Å². The predicted molar refractivity (Wildman–Crippen MR) is 111 cm³/mol. The molecule has 0 aromatic carbocycles. The first-order valence-electron chi connectivity index (χ1n) is 7.45. The average Bonchev–Trinajstić information content (AvgIpc) is 3.40. The van der Waals surface area contributed by atoms with Crippen molar-refractivity contribution in [2.24, 2.45) is 5.73 Å². The highest BCUT2D eigenvalue weighted by atomic mass is 79.9. The summed E-state index contributed by atoms with van der Waals surface area (Å²) in [6.07, 6.45) is 1.65. The van der Waals surface area contributed by atoms with Crippen LogP contribution in [0.3, 0.4) is 0 Å². The van der Waals surface area contributed by atoms with Crippen LogP contribution in [-0.2, 0) is 0 Å². The molecule has 2 amide bonds. The van der Waals surface area contributed by atoms with Crippen molar-refractivity contribution < 1.29 is 9.59 Å². The van der Waals surface area contributed by atoms with Crippen LogP contribution in [0.4, 0.5) is 5.13 Å². The molecule has 4 N–H and O–H groups in total. The van der Waals surface area contributed by atoms with E-state index in [2.05, 4.69) is 36.2 Å². The Morgan fingerprint density at radius 2 is 1.96 bits per heavy atom. The van der Waals surface area contributed by atoms with E-state index in [0.29, 0.717) is 22.2 Å². The number of amides is 2. The molecule has 0 saturated carbocycles. The predicted octanol–water partition coefficient (Wildman–Crippen LogP) is 4.44. The van der Waals surface area contributed by atoms with Crippen LogP contribution < -0.4 is 11.1 Å². The lowest BCUT2D eigenvalue weighted by Crippen LogP contribution is -2.12. The highest BCUT2D eigenvalue weighted by molar-refractivity contribution is 9.10. The molecule has 4 heterocycles. The molecule has 0 aliphatic carbocycles. The molecule has 0 radical (unpaired) electrons. The van der Waals surface area contributed by atoms with E-state index in [1.165, 1.54) is 22.7 Å². The number of nitrogens with two attached hydrogens (primary N) is 1. The van der Waals surface area contributed by atoms with Crippen molar-refractivity contribution in [2.45, 2.75) is 0 Å². The van der Waals surface area contributed by atoms with E-state index >= 15 is 0 Å². The molecule has 4 aromatic heterocycles. The molecule has 0 bridgehead atoms. The van der Waals surface area contributed by atoms with Gasteiger partial charge in [-0.15, -0.1) is 34.0 Å². The lowest BCUT2D eigenvalue weighted by Gasteiger charge is -1.97. The van der Waals surface area contributed by atoms with Crippen molar-refractivity contribution in [2.75, 3.05) is 5.32 Å². The van der Waals surface area contributed by atoms with Crippen molar-refractivity contribution in [3.05, 3.63) is 50.3 Å². The zero-order valence-corrected chi connectivity index (χ0v) is 17.4. The number of aromatic nitrogens is 3. The second-order valence-corrected chi connectivity index (χ2v) is 8.87. The third-order valence-electron chi connectivity index (χ3n) is 3.48. The minimum Gasteiger partial charge on any atom is -0.364 e. The largest absolute Gasteiger partial charge is 0.364 e. The summed E-state index contributed by atoms with van der Waals surface area (Å²) in [7, 11) is 0. The molecule has 136 valence electrons. The fraction of sp³-hybridized carbons (Fsp3) is 0. The Kier molecular flexibility index (Phi) is 4.91. The first-order chi connectivity index (χ1) is 13.0. The number of nitrogens with zero attached hydrogens (tertiary/aromatic N) is 2. The number of primary amides is 1. The highest BCUT2D eigenvalue weighted by Gasteiger charge is 2.15. The van der Waals surface area contributed by atoms with Crippen molar-refractivity contribution in [1.29, 1.82) is 0 Å². The molecule has 7 nitrogen and oxygen atoms in total. The zero-order valence-electron chi connectivity index (χ0n) is 13.4. The monoisotopic (exact) mass is 479 g/mol. The minimum atomic E-state index is -0.540. The number of anilines is 1. The maximum Gasteiger partial charge on any atom is 0.276 e. The molecule has 4 rings (SSSR count). The van der Waals surface area contributed by atoms with E-state index in [4.69, 9.17) is 5.73 Å². The number of carbonyl (C=O) groups is 2. The highest BCUT2D eigenvalue weighted by Crippen LogP contribution is 2.32. The third-order valence-corrected chi connectivity index (χ3v) is 6.94. The van der Waals surface area contributed by atoms with Crippen molar-refractivity contribution in [1.82, 2.24) is 15.0 Å². The number of thiazole rings is 2. The van der Waals surface area contributed by atoms with E-state index in [-0.39, 0.29) is 5.91 Å². The first kappa shape index (κ1) is 18.0. The Bertz CT molecular complexity index is 1140. The zero-order chi connectivity index (χ0) is 19.0. The fourth-order valence-corrected chi connectivity index (χ4v) is 5.25. The molecule has 27 heavy (non-hydrogen) atoms. The quantitative estimate of drug-likeness (QED) is 0.392. The van der Waals surface area contributed by atoms with Gasteiger partial charge >= 0.3 is 0 Å². The normalized spacial score (nSPS) is 10.9. The number of halogens is 1. The number of hydrogen-bond donors (Lipinski definition) is 3. The Morgan fingerprint density at radius 1 is 1.11 bits per heavy atom. The number of rotatable bonds is 5. The van der Waals surface area contributed by atoms with Gasteiger partial charge in [0, 0.05) is 32.4 Å². The van der Waals surface area contributed by atoms with Crippen LogP contribution in [0.15, 0.2) is 38.9 Å². The summed E-state index contributed by atoms with van der Waals surface area (Å²) in [5.41, 5.74) is 7.24. The SMILES string of the molecule is NC(=O)c1cc(-c2csc(NC(=O)c3csc(-c4cc(Br)cs4)n3)n2)c[nH]1. The Hall–Kier alpha value is -2.34. The van der Waals surface area contributed by atoms with Gasteiger partial charge < -0.3 is 10.7 Å². The Morgan fingerprint density at radius 3 is 2.67 bits per heavy atom. The van der Waals surface area contributed by atoms with E-state index in [0.717, 1.165) is 19.9 Å². The van der Waals surface area contributed by atoms with Crippen LogP contribution in [0.5, 0.6) is 0 Å². The van der Waals surface area contributed by atoms with Crippen molar-refractivity contribution >= 4 is 66.9 Å². The number of thiophene rings is 1. The van der Waals surface area contributed by atoms with Gasteiger partial charge in [-0.05, 0) is 28.1 Å². The molecular formula is C16H10BrN5O2S3. The molecule has 0 aliphatic rings. The van der Waals surface area contributed by atoms with Crippen molar-refractivity contribution in [3.8, 4) is 21.1 Å². The lowest BCUT2D eigenvalue weighted by molar-refractivity contribution is 0.0993. The molecule has 4 aromatic rings. The van der Waals surface area contributed by atoms with Crippen molar-refractivity contribution in [3.63, 3.8) is 0 Å². The van der Waals surface area contributed by atoms with Gasteiger partial charge in [0.05, 0.1) is 10.6 Å². The van der Waals surface area contributed by atoms with E-state index in [1.807, 2.05) is 11.4 Å². The summed E-state index contributed by atoms with van der Waals surface area (Å²) in [4.78, 5) is 36.2. The molecule has 0 fully saturated rings. The van der Waals surface area contributed by atoms with Crippen LogP contribution in [-0.4, -0.2) is 26.8 Å². The second-order valence-electron chi connectivity index (χ2n) is 5.33. The van der Waals surface area contributed by atoms with Crippen LogP contribution in [0, 0.1) is 0 Å². The second kappa shape index (κ2) is 7.35. The van der Waals surface area contributed by atoms with Gasteiger partial charge in [-0.3, -0.25) is 14.9 Å². The molecule has 0 atom stereocenters. The first-order valence-corrected chi connectivity index (χ1v) is 10.9. The summed E-state index contributed by atoms with van der Waals surface area (Å²) in [5, 5.41) is 9.48. The van der Waals surface area contributed by atoms with Crippen LogP contribution in [0.1, 0.15) is 21.0 Å². The van der Waals surface area contributed by atoms with Crippen LogP contribution in [0.2, 0.25) is 0 Å². The molecular weight excluding hydrogens is 470 g/mol. The van der Waals surface area contributed by atoms with Gasteiger partial charge in [-0.25, -0.2) is 9.97 Å². The fourth-order valence-electron chi connectivity index (χ4n) is 2.23. The van der Waals surface area contributed by atoms with Gasteiger partial charge in [0.25, 0.3) is 11.8 Å². The smallest absolute Gasteiger partial charge is 0.276 e. The third kappa shape index (κ3) is 3.86. The molecule has 0 aliphatic heterocycles. The number of carbonyl (C=O) groups excluding carboxylic acids is 2. The Balaban J connectivity index is 1.48. The summed E-state index contributed by atoms with van der Waals surface area (Å²) in [6, 6.07) is 3.59. The summed E-state index contributed by atoms with van der Waals surface area (Å²) in [5.74, 6) is -0.858. The number of nitrogens with one attached hydrogen (secondary N) is 2. The molecule has 0 spiro atoms. The lowest BCUT2D eigenvalue weighted by atomic mass is 10.2. The number of H-pyrrole nitrogens is 1. The van der Waals surface area contributed by atoms with Gasteiger partial charge in [0.15, 0.2) is 5.13 Å². The van der Waals surface area contributed by atoms with Crippen LogP contribution >= 0.6 is 49.9 Å². The van der Waals surface area contributed by atoms with E-state index < -0.39 is 5.91 Å². The maximum absolute atomic E-state index is 12.4. The van der Waals surface area contributed by atoms with Crippen LogP contribution in [0.25, 0.3) is 21.1 Å². The maximum atomic E-state index is 12.4. The summed E-state index contributed by atoms with van der Waals surface area (Å²) in [6.45, 7) is 0. The van der Waals surface area contributed by atoms with E-state index in [1.54, 1.807) is 34.4 Å². The van der Waals surface area contributed by atoms with Gasteiger partial charge in [0.2, 0.25) is 0 Å².